The van der Waals surface area contributed by atoms with Gasteiger partial charge in [0.05, 0.1) is 5.69 Å². The van der Waals surface area contributed by atoms with E-state index in [0.29, 0.717) is 17.9 Å². The van der Waals surface area contributed by atoms with E-state index in [1.807, 2.05) is 6.20 Å². The van der Waals surface area contributed by atoms with Gasteiger partial charge in [-0.15, -0.1) is 0 Å². The van der Waals surface area contributed by atoms with Gasteiger partial charge < -0.3 is 15.0 Å². The first kappa shape index (κ1) is 17.9. The van der Waals surface area contributed by atoms with Crippen LogP contribution in [0.15, 0.2) is 24.4 Å². The van der Waals surface area contributed by atoms with Gasteiger partial charge in [0.2, 0.25) is 5.95 Å². The lowest BCUT2D eigenvalue weighted by Gasteiger charge is -2.26. The summed E-state index contributed by atoms with van der Waals surface area (Å²) in [7, 11) is 0. The first-order valence-corrected chi connectivity index (χ1v) is 10.7. The van der Waals surface area contributed by atoms with Crippen LogP contribution in [0.4, 0.5) is 17.6 Å². The van der Waals surface area contributed by atoms with E-state index in [0.717, 1.165) is 55.9 Å². The Balaban J connectivity index is 1.46. The molecule has 6 heteroatoms. The number of hydrogen-bond acceptors (Lipinski definition) is 6. The zero-order valence-electron chi connectivity index (χ0n) is 16.6. The van der Waals surface area contributed by atoms with E-state index >= 15 is 0 Å². The smallest absolute Gasteiger partial charge is 0.227 e. The molecule has 2 saturated heterocycles. The van der Waals surface area contributed by atoms with Crippen molar-refractivity contribution in [2.24, 2.45) is 0 Å². The largest absolute Gasteiger partial charge is 0.381 e. The summed E-state index contributed by atoms with van der Waals surface area (Å²) in [5.41, 5.74) is 2.51. The lowest BCUT2D eigenvalue weighted by Crippen LogP contribution is -2.29. The molecule has 0 amide bonds. The molecule has 0 spiro atoms. The molecule has 2 aromatic heterocycles. The maximum Gasteiger partial charge on any atom is 0.227 e. The molecule has 1 atom stereocenters. The molecule has 0 bridgehead atoms. The van der Waals surface area contributed by atoms with Gasteiger partial charge in [-0.1, -0.05) is 0 Å². The first-order valence-electron chi connectivity index (χ1n) is 10.7. The number of nitrogens with one attached hydrogen (secondary N) is 1. The Morgan fingerprint density at radius 3 is 2.61 bits per heavy atom. The van der Waals surface area contributed by atoms with Gasteiger partial charge in [-0.05, 0) is 69.1 Å². The molecule has 3 aliphatic rings. The molecule has 5 rings (SSSR count). The summed E-state index contributed by atoms with van der Waals surface area (Å²) < 4.78 is 5.56. The van der Waals surface area contributed by atoms with E-state index < -0.39 is 0 Å². The highest BCUT2D eigenvalue weighted by Gasteiger charge is 2.26. The first-order chi connectivity index (χ1) is 13.8. The van der Waals surface area contributed by atoms with Gasteiger partial charge in [0, 0.05) is 44.0 Å². The molecule has 2 aliphatic heterocycles. The normalized spacial score (nSPS) is 23.2. The van der Waals surface area contributed by atoms with Crippen LogP contribution in [0.3, 0.4) is 0 Å². The summed E-state index contributed by atoms with van der Waals surface area (Å²) in [4.78, 5) is 16.7. The van der Waals surface area contributed by atoms with E-state index in [-0.39, 0.29) is 0 Å². The fraction of sp³-hybridized carbons (Fsp3) is 0.591. The predicted octanol–water partition coefficient (Wildman–Crippen LogP) is 4.38. The van der Waals surface area contributed by atoms with Crippen molar-refractivity contribution < 1.29 is 4.74 Å². The summed E-state index contributed by atoms with van der Waals surface area (Å²) >= 11 is 0. The number of ether oxygens (including phenoxy) is 1. The van der Waals surface area contributed by atoms with Crippen molar-refractivity contribution in [1.82, 2.24) is 15.0 Å². The predicted molar refractivity (Wildman–Crippen MR) is 110 cm³/mol. The highest BCUT2D eigenvalue weighted by Crippen LogP contribution is 2.40. The fourth-order valence-electron chi connectivity index (χ4n) is 4.40. The second-order valence-electron chi connectivity index (χ2n) is 8.42. The SMILES string of the molecule is CC1CCCN1c1nc(Nc2cc(C3CC3)ccn2)cc(C2CCOCC2)n1. The number of aromatic nitrogens is 3. The van der Waals surface area contributed by atoms with Crippen molar-refractivity contribution in [1.29, 1.82) is 0 Å². The van der Waals surface area contributed by atoms with E-state index in [1.165, 1.54) is 31.2 Å². The van der Waals surface area contributed by atoms with Crippen LogP contribution in [0.5, 0.6) is 0 Å². The molecule has 1 unspecified atom stereocenters. The number of rotatable bonds is 5. The van der Waals surface area contributed by atoms with Crippen LogP contribution in [0, 0.1) is 0 Å². The van der Waals surface area contributed by atoms with Gasteiger partial charge in [-0.25, -0.2) is 9.97 Å². The zero-order chi connectivity index (χ0) is 18.9. The quantitative estimate of drug-likeness (QED) is 0.832. The van der Waals surface area contributed by atoms with Gasteiger partial charge in [0.15, 0.2) is 0 Å². The summed E-state index contributed by atoms with van der Waals surface area (Å²) in [6, 6.07) is 6.92. The molecule has 1 aliphatic carbocycles. The summed E-state index contributed by atoms with van der Waals surface area (Å²) in [6.45, 7) is 4.94. The van der Waals surface area contributed by atoms with Crippen LogP contribution in [-0.2, 0) is 4.74 Å². The topological polar surface area (TPSA) is 63.2 Å². The Morgan fingerprint density at radius 1 is 1.00 bits per heavy atom. The molecule has 3 fully saturated rings. The van der Waals surface area contributed by atoms with Gasteiger partial charge in [0.25, 0.3) is 0 Å². The summed E-state index contributed by atoms with van der Waals surface area (Å²) in [6.07, 6.45) is 8.96. The molecule has 1 saturated carbocycles. The molecule has 6 nitrogen and oxygen atoms in total. The van der Waals surface area contributed by atoms with Gasteiger partial charge in [-0.2, -0.15) is 4.98 Å². The lowest BCUT2D eigenvalue weighted by molar-refractivity contribution is 0.0845. The standard InChI is InChI=1S/C22H29N5O/c1-15-3-2-10-27(15)22-24-19(17-7-11-28-12-8-17)14-21(26-22)25-20-13-18(6-9-23-20)16-4-5-16/h6,9,13-17H,2-5,7-8,10-12H2,1H3,(H,23,24,25,26). The maximum absolute atomic E-state index is 5.56. The molecule has 28 heavy (non-hydrogen) atoms. The molecule has 2 aromatic rings. The zero-order valence-corrected chi connectivity index (χ0v) is 16.6. The second-order valence-corrected chi connectivity index (χ2v) is 8.42. The molecule has 1 N–H and O–H groups in total. The van der Waals surface area contributed by atoms with E-state index in [9.17, 15) is 0 Å². The molecule has 148 valence electrons. The Morgan fingerprint density at radius 2 is 1.86 bits per heavy atom. The minimum absolute atomic E-state index is 0.444. The van der Waals surface area contributed by atoms with Crippen molar-refractivity contribution in [2.45, 2.75) is 63.3 Å². The number of nitrogens with zero attached hydrogens (tertiary/aromatic N) is 4. The Bertz CT molecular complexity index is 831. The summed E-state index contributed by atoms with van der Waals surface area (Å²) in [5.74, 6) is 3.75. The maximum atomic E-state index is 5.56. The van der Waals surface area contributed by atoms with Crippen LogP contribution in [0.2, 0.25) is 0 Å². The van der Waals surface area contributed by atoms with E-state index in [2.05, 4.69) is 40.3 Å². The van der Waals surface area contributed by atoms with Crippen LogP contribution in [0.25, 0.3) is 0 Å². The third kappa shape index (κ3) is 3.83. The van der Waals surface area contributed by atoms with Crippen molar-refractivity contribution in [2.75, 3.05) is 30.0 Å². The lowest BCUT2D eigenvalue weighted by atomic mass is 9.96. The minimum Gasteiger partial charge on any atom is -0.381 e. The molecular formula is C22H29N5O. The molecule has 4 heterocycles. The van der Waals surface area contributed by atoms with Crippen molar-refractivity contribution >= 4 is 17.6 Å². The van der Waals surface area contributed by atoms with E-state index in [1.54, 1.807) is 0 Å². The van der Waals surface area contributed by atoms with Gasteiger partial charge in [-0.3, -0.25) is 0 Å². The van der Waals surface area contributed by atoms with Gasteiger partial charge >= 0.3 is 0 Å². The minimum atomic E-state index is 0.444. The Labute approximate surface area is 166 Å². The van der Waals surface area contributed by atoms with Crippen molar-refractivity contribution in [3.05, 3.63) is 35.7 Å². The molecule has 0 radical (unpaired) electrons. The van der Waals surface area contributed by atoms with Crippen LogP contribution in [0.1, 0.15) is 68.5 Å². The van der Waals surface area contributed by atoms with Crippen LogP contribution in [-0.4, -0.2) is 40.8 Å². The Hall–Kier alpha value is -2.21. The average Bonchev–Trinajstić information content (AvgIpc) is 3.49. The number of pyridine rings is 1. The van der Waals surface area contributed by atoms with Crippen molar-refractivity contribution in [3.8, 4) is 0 Å². The molecule has 0 aromatic carbocycles. The van der Waals surface area contributed by atoms with Crippen LogP contribution >= 0.6 is 0 Å². The second kappa shape index (κ2) is 7.66. The number of anilines is 3. The van der Waals surface area contributed by atoms with E-state index in [4.69, 9.17) is 14.7 Å². The highest BCUT2D eigenvalue weighted by atomic mass is 16.5. The monoisotopic (exact) mass is 379 g/mol. The van der Waals surface area contributed by atoms with Crippen LogP contribution < -0.4 is 10.2 Å². The molecular weight excluding hydrogens is 350 g/mol. The third-order valence-corrected chi connectivity index (χ3v) is 6.27. The van der Waals surface area contributed by atoms with Crippen molar-refractivity contribution in [3.63, 3.8) is 0 Å². The fourth-order valence-corrected chi connectivity index (χ4v) is 4.40. The summed E-state index contributed by atoms with van der Waals surface area (Å²) in [5, 5.41) is 3.47. The number of hydrogen-bond donors (Lipinski definition) is 1. The Kier molecular flexibility index (Phi) is 4.89. The third-order valence-electron chi connectivity index (χ3n) is 6.27. The average molecular weight is 380 g/mol. The van der Waals surface area contributed by atoms with Gasteiger partial charge in [0.1, 0.15) is 11.6 Å². The highest BCUT2D eigenvalue weighted by molar-refractivity contribution is 5.56.